The molecule has 1 N–H and O–H groups in total. The number of halogens is 1. The standard InChI is InChI=1S/C19H22FN3O2/c1-13-4-2-3-5-16(13)22-18(24)11-23-12-21-17(10-19(23)25)14-6-8-15(20)9-7-14/h6-10,12-13,16H,2-5,11H2,1H3,(H,22,24). The number of carbonyl (C=O) groups is 1. The van der Waals surface area contributed by atoms with Gasteiger partial charge in [-0.2, -0.15) is 0 Å². The summed E-state index contributed by atoms with van der Waals surface area (Å²) < 4.78 is 14.3. The third kappa shape index (κ3) is 4.32. The van der Waals surface area contributed by atoms with Crippen molar-refractivity contribution in [3.63, 3.8) is 0 Å². The lowest BCUT2D eigenvalue weighted by Crippen LogP contribution is -2.43. The molecular formula is C19H22FN3O2. The van der Waals surface area contributed by atoms with E-state index >= 15 is 0 Å². The molecule has 1 aromatic carbocycles. The molecule has 0 spiro atoms. The van der Waals surface area contributed by atoms with E-state index in [2.05, 4.69) is 17.2 Å². The number of rotatable bonds is 4. The molecule has 1 aromatic heterocycles. The maximum absolute atomic E-state index is 13.0. The van der Waals surface area contributed by atoms with E-state index in [1.54, 1.807) is 12.1 Å². The lowest BCUT2D eigenvalue weighted by Gasteiger charge is -2.29. The smallest absolute Gasteiger partial charge is 0.254 e. The van der Waals surface area contributed by atoms with E-state index in [0.29, 0.717) is 17.2 Å². The second-order valence-electron chi connectivity index (χ2n) is 6.68. The molecule has 1 aliphatic rings. The molecule has 3 rings (SSSR count). The highest BCUT2D eigenvalue weighted by Crippen LogP contribution is 2.23. The number of hydrogen-bond acceptors (Lipinski definition) is 3. The summed E-state index contributed by atoms with van der Waals surface area (Å²) in [5.74, 6) is -0.0451. The van der Waals surface area contributed by atoms with Crippen LogP contribution in [0.3, 0.4) is 0 Å². The van der Waals surface area contributed by atoms with Crippen LogP contribution in [0.25, 0.3) is 11.3 Å². The minimum absolute atomic E-state index is 0.0429. The number of carbonyl (C=O) groups excluding carboxylic acids is 1. The minimum atomic E-state index is -0.342. The van der Waals surface area contributed by atoms with Gasteiger partial charge in [-0.25, -0.2) is 9.37 Å². The van der Waals surface area contributed by atoms with Crippen LogP contribution in [0.4, 0.5) is 4.39 Å². The van der Waals surface area contributed by atoms with E-state index in [9.17, 15) is 14.0 Å². The van der Waals surface area contributed by atoms with Crippen LogP contribution in [0, 0.1) is 11.7 Å². The zero-order valence-corrected chi connectivity index (χ0v) is 14.2. The number of hydrogen-bond donors (Lipinski definition) is 1. The molecular weight excluding hydrogens is 321 g/mol. The van der Waals surface area contributed by atoms with Crippen LogP contribution >= 0.6 is 0 Å². The van der Waals surface area contributed by atoms with Gasteiger partial charge in [-0.1, -0.05) is 19.8 Å². The molecule has 1 heterocycles. The van der Waals surface area contributed by atoms with Crippen molar-refractivity contribution in [2.24, 2.45) is 5.92 Å². The molecule has 25 heavy (non-hydrogen) atoms. The summed E-state index contributed by atoms with van der Waals surface area (Å²) in [5.41, 5.74) is 0.815. The summed E-state index contributed by atoms with van der Waals surface area (Å²) in [7, 11) is 0. The molecule has 1 amide bonds. The van der Waals surface area contributed by atoms with Crippen molar-refractivity contribution in [1.82, 2.24) is 14.9 Å². The molecule has 0 aliphatic heterocycles. The normalized spacial score (nSPS) is 20.2. The topological polar surface area (TPSA) is 64.0 Å². The Labute approximate surface area is 145 Å². The summed E-state index contributed by atoms with van der Waals surface area (Å²) in [6.45, 7) is 2.11. The van der Waals surface area contributed by atoms with Crippen LogP contribution in [0.1, 0.15) is 32.6 Å². The Bertz CT molecular complexity index is 801. The van der Waals surface area contributed by atoms with Gasteiger partial charge in [0, 0.05) is 17.7 Å². The third-order valence-electron chi connectivity index (χ3n) is 4.79. The van der Waals surface area contributed by atoms with Gasteiger partial charge in [0.1, 0.15) is 12.4 Å². The van der Waals surface area contributed by atoms with E-state index in [4.69, 9.17) is 0 Å². The van der Waals surface area contributed by atoms with Gasteiger partial charge in [0.15, 0.2) is 0 Å². The first-order valence-electron chi connectivity index (χ1n) is 8.65. The molecule has 132 valence electrons. The fourth-order valence-corrected chi connectivity index (χ4v) is 3.26. The fraction of sp³-hybridized carbons (Fsp3) is 0.421. The van der Waals surface area contributed by atoms with E-state index in [1.165, 1.54) is 35.5 Å². The summed E-state index contributed by atoms with van der Waals surface area (Å²) in [6, 6.07) is 7.33. The summed E-state index contributed by atoms with van der Waals surface area (Å²) in [4.78, 5) is 28.7. The Kier molecular flexibility index (Phi) is 5.26. The average molecular weight is 343 g/mol. The zero-order chi connectivity index (χ0) is 17.8. The molecule has 0 saturated heterocycles. The third-order valence-corrected chi connectivity index (χ3v) is 4.79. The lowest BCUT2D eigenvalue weighted by atomic mass is 9.86. The summed E-state index contributed by atoms with van der Waals surface area (Å²) in [5, 5.41) is 3.03. The Hall–Kier alpha value is -2.50. The predicted octanol–water partition coefficient (Wildman–Crippen LogP) is 2.74. The maximum Gasteiger partial charge on any atom is 0.254 e. The van der Waals surface area contributed by atoms with Crippen molar-refractivity contribution in [2.45, 2.75) is 45.2 Å². The van der Waals surface area contributed by atoms with Crippen LogP contribution in [0.5, 0.6) is 0 Å². The highest BCUT2D eigenvalue weighted by atomic mass is 19.1. The van der Waals surface area contributed by atoms with Crippen molar-refractivity contribution >= 4 is 5.91 Å². The second-order valence-corrected chi connectivity index (χ2v) is 6.68. The molecule has 2 unspecified atom stereocenters. The van der Waals surface area contributed by atoms with Crippen LogP contribution < -0.4 is 10.9 Å². The van der Waals surface area contributed by atoms with Gasteiger partial charge >= 0.3 is 0 Å². The van der Waals surface area contributed by atoms with Crippen molar-refractivity contribution < 1.29 is 9.18 Å². The number of nitrogens with one attached hydrogen (secondary N) is 1. The first-order chi connectivity index (χ1) is 12.0. The number of aromatic nitrogens is 2. The van der Waals surface area contributed by atoms with Crippen LogP contribution in [0.2, 0.25) is 0 Å². The van der Waals surface area contributed by atoms with Crippen molar-refractivity contribution in [3.8, 4) is 11.3 Å². The van der Waals surface area contributed by atoms with E-state index in [1.807, 2.05) is 0 Å². The summed E-state index contributed by atoms with van der Waals surface area (Å²) in [6.07, 6.45) is 5.82. The lowest BCUT2D eigenvalue weighted by molar-refractivity contribution is -0.123. The van der Waals surface area contributed by atoms with Gasteiger partial charge in [0.25, 0.3) is 5.56 Å². The molecule has 0 bridgehead atoms. The highest BCUT2D eigenvalue weighted by molar-refractivity contribution is 5.76. The number of benzene rings is 1. The van der Waals surface area contributed by atoms with Gasteiger partial charge in [-0.05, 0) is 43.0 Å². The van der Waals surface area contributed by atoms with Crippen LogP contribution in [-0.2, 0) is 11.3 Å². The van der Waals surface area contributed by atoms with Gasteiger partial charge in [-0.3, -0.25) is 14.2 Å². The van der Waals surface area contributed by atoms with Crippen LogP contribution in [0.15, 0.2) is 41.5 Å². The molecule has 1 aliphatic carbocycles. The Morgan fingerprint density at radius 3 is 2.68 bits per heavy atom. The van der Waals surface area contributed by atoms with Crippen LogP contribution in [-0.4, -0.2) is 21.5 Å². The molecule has 1 saturated carbocycles. The van der Waals surface area contributed by atoms with Crippen molar-refractivity contribution in [2.75, 3.05) is 0 Å². The maximum atomic E-state index is 13.0. The molecule has 2 aromatic rings. The van der Waals surface area contributed by atoms with Crippen molar-refractivity contribution in [3.05, 3.63) is 52.8 Å². The van der Waals surface area contributed by atoms with Gasteiger partial charge in [0.2, 0.25) is 5.91 Å². The van der Waals surface area contributed by atoms with Gasteiger partial charge in [-0.15, -0.1) is 0 Å². The predicted molar refractivity (Wildman–Crippen MR) is 93.5 cm³/mol. The Morgan fingerprint density at radius 1 is 1.28 bits per heavy atom. The minimum Gasteiger partial charge on any atom is -0.352 e. The van der Waals surface area contributed by atoms with E-state index in [0.717, 1.165) is 19.3 Å². The largest absolute Gasteiger partial charge is 0.352 e. The number of amides is 1. The average Bonchev–Trinajstić information content (AvgIpc) is 2.59. The molecule has 5 nitrogen and oxygen atoms in total. The second kappa shape index (κ2) is 7.59. The van der Waals surface area contributed by atoms with Crippen molar-refractivity contribution in [1.29, 1.82) is 0 Å². The van der Waals surface area contributed by atoms with Gasteiger partial charge < -0.3 is 5.32 Å². The first-order valence-corrected chi connectivity index (χ1v) is 8.65. The Morgan fingerprint density at radius 2 is 2.00 bits per heavy atom. The van der Waals surface area contributed by atoms with Gasteiger partial charge in [0.05, 0.1) is 12.0 Å². The first kappa shape index (κ1) is 17.3. The molecule has 0 radical (unpaired) electrons. The number of nitrogens with zero attached hydrogens (tertiary/aromatic N) is 2. The zero-order valence-electron chi connectivity index (χ0n) is 14.2. The monoisotopic (exact) mass is 343 g/mol. The summed E-state index contributed by atoms with van der Waals surface area (Å²) >= 11 is 0. The van der Waals surface area contributed by atoms with E-state index < -0.39 is 0 Å². The SMILES string of the molecule is CC1CCCCC1NC(=O)Cn1cnc(-c2ccc(F)cc2)cc1=O. The highest BCUT2D eigenvalue weighted by Gasteiger charge is 2.22. The fourth-order valence-electron chi connectivity index (χ4n) is 3.26. The Balaban J connectivity index is 1.67. The molecule has 1 fully saturated rings. The van der Waals surface area contributed by atoms with E-state index in [-0.39, 0.29) is 29.9 Å². The molecule has 2 atom stereocenters. The molecule has 6 heteroatoms. The quantitative estimate of drug-likeness (QED) is 0.928.